The molecule has 0 aromatic rings. The van der Waals surface area contributed by atoms with Gasteiger partial charge in [0.2, 0.25) is 5.91 Å². The van der Waals surface area contributed by atoms with Gasteiger partial charge >= 0.3 is 0 Å². The Kier molecular flexibility index (Phi) is 21.2. The highest BCUT2D eigenvalue weighted by Gasteiger charge is 2.11. The Morgan fingerprint density at radius 3 is 1.85 bits per heavy atom. The van der Waals surface area contributed by atoms with Gasteiger partial charge in [-0.2, -0.15) is 0 Å². The lowest BCUT2D eigenvalue weighted by molar-refractivity contribution is -0.117. The fraction of sp³-hybridized carbons (Fsp3) is 0.824. The number of hydrogen-bond acceptors (Lipinski definition) is 6. The van der Waals surface area contributed by atoms with Crippen LogP contribution in [0.5, 0.6) is 0 Å². The molecule has 156 valence electrons. The van der Waals surface area contributed by atoms with Gasteiger partial charge in [-0.25, -0.2) is 0 Å². The molecule has 0 heterocycles. The van der Waals surface area contributed by atoms with Gasteiger partial charge in [-0.05, 0) is 32.6 Å². The molecule has 7 nitrogen and oxygen atoms in total. The lowest BCUT2D eigenvalue weighted by atomic mass is 10.1. The van der Waals surface area contributed by atoms with Crippen molar-refractivity contribution < 1.29 is 29.1 Å². The molecule has 1 amide bonds. The molecule has 0 aliphatic carbocycles. The first-order valence-electron chi connectivity index (χ1n) is 9.18. The van der Waals surface area contributed by atoms with E-state index in [0.29, 0.717) is 31.0 Å². The molecule has 0 saturated heterocycles. The van der Waals surface area contributed by atoms with Gasteiger partial charge in [-0.3, -0.25) is 4.79 Å². The highest BCUT2D eigenvalue weighted by atomic mass is 31.2. The Hall–Kier alpha value is -0.130. The van der Waals surface area contributed by atoms with E-state index in [1.807, 2.05) is 13.8 Å². The Labute approximate surface area is 160 Å². The summed E-state index contributed by atoms with van der Waals surface area (Å²) in [5.41, 5.74) is 0.459. The molecule has 0 bridgehead atoms. The molecule has 0 aliphatic rings. The third kappa shape index (κ3) is 20.2. The van der Waals surface area contributed by atoms with Gasteiger partial charge in [0.05, 0.1) is 12.7 Å². The average molecular weight is 413 g/mol. The van der Waals surface area contributed by atoms with Crippen molar-refractivity contribution in [2.75, 3.05) is 25.5 Å². The van der Waals surface area contributed by atoms with Crippen molar-refractivity contribution in [2.24, 2.45) is 0 Å². The average Bonchev–Trinajstić information content (AvgIpc) is 2.59. The van der Waals surface area contributed by atoms with Gasteiger partial charge in [0, 0.05) is 24.4 Å². The summed E-state index contributed by atoms with van der Waals surface area (Å²) in [6.07, 6.45) is 5.64. The van der Waals surface area contributed by atoms with Crippen molar-refractivity contribution in [1.29, 1.82) is 0 Å². The van der Waals surface area contributed by atoms with Crippen LogP contribution in [0.4, 0.5) is 0 Å². The summed E-state index contributed by atoms with van der Waals surface area (Å²) < 4.78 is 5.80. The predicted octanol–water partition coefficient (Wildman–Crippen LogP) is 3.02. The normalized spacial score (nSPS) is 10.8. The zero-order valence-corrected chi connectivity index (χ0v) is 18.1. The molecule has 0 radical (unpaired) electrons. The van der Waals surface area contributed by atoms with Crippen LogP contribution in [0, 0.1) is 0 Å². The maximum Gasteiger partial charge on any atom is 0.246 e. The van der Waals surface area contributed by atoms with Gasteiger partial charge in [0.15, 0.2) is 16.8 Å². The molecular weight excluding hydrogens is 376 g/mol. The second-order valence-electron chi connectivity index (χ2n) is 5.71. The highest BCUT2D eigenvalue weighted by Crippen LogP contribution is 2.26. The van der Waals surface area contributed by atoms with E-state index in [1.165, 1.54) is 0 Å². The van der Waals surface area contributed by atoms with E-state index in [1.54, 1.807) is 6.92 Å². The maximum absolute atomic E-state index is 11.4. The van der Waals surface area contributed by atoms with E-state index >= 15 is 0 Å². The van der Waals surface area contributed by atoms with Crippen LogP contribution in [-0.2, 0) is 9.53 Å². The van der Waals surface area contributed by atoms with E-state index in [9.17, 15) is 4.79 Å². The first-order valence-corrected chi connectivity index (χ1v) is 12.0. The molecule has 26 heavy (non-hydrogen) atoms. The number of nitrogens with one attached hydrogen (secondary N) is 1. The van der Waals surface area contributed by atoms with E-state index in [0.717, 1.165) is 38.5 Å². The largest absolute Gasteiger partial charge is 0.376 e. The Bertz CT molecular complexity index is 340. The van der Waals surface area contributed by atoms with Gasteiger partial charge in [0.1, 0.15) is 0 Å². The molecule has 0 fully saturated rings. The van der Waals surface area contributed by atoms with Crippen LogP contribution in [0.25, 0.3) is 0 Å². The summed E-state index contributed by atoms with van der Waals surface area (Å²) in [7, 11) is -3.66. The third-order valence-electron chi connectivity index (χ3n) is 3.40. The summed E-state index contributed by atoms with van der Waals surface area (Å²) in [5.74, 6) is -0.186. The number of unbranched alkanes of at least 4 members (excludes halogenated alkanes) is 2. The van der Waals surface area contributed by atoms with Crippen molar-refractivity contribution in [3.8, 4) is 0 Å². The predicted molar refractivity (Wildman–Crippen MR) is 109 cm³/mol. The smallest absolute Gasteiger partial charge is 0.246 e. The van der Waals surface area contributed by atoms with Gasteiger partial charge in [-0.1, -0.05) is 33.3 Å². The van der Waals surface area contributed by atoms with Crippen LogP contribution in [0.15, 0.2) is 12.2 Å². The van der Waals surface area contributed by atoms with E-state index in [4.69, 9.17) is 24.3 Å². The van der Waals surface area contributed by atoms with Crippen molar-refractivity contribution in [1.82, 2.24) is 5.32 Å². The minimum atomic E-state index is -1.83. The number of amides is 1. The summed E-state index contributed by atoms with van der Waals surface area (Å²) in [5, 5.41) is 2.71. The van der Waals surface area contributed by atoms with Gasteiger partial charge in [-0.15, -0.1) is 0 Å². The Morgan fingerprint density at radius 2 is 1.46 bits per heavy atom. The van der Waals surface area contributed by atoms with Crippen molar-refractivity contribution >= 4 is 22.7 Å². The fourth-order valence-electron chi connectivity index (χ4n) is 2.10. The molecule has 0 unspecified atom stereocenters. The van der Waals surface area contributed by atoms with Crippen molar-refractivity contribution in [2.45, 2.75) is 65.4 Å². The second kappa shape index (κ2) is 19.6. The van der Waals surface area contributed by atoms with Crippen LogP contribution in [0.3, 0.4) is 0 Å². The number of ether oxygens (including phenoxy) is 1. The van der Waals surface area contributed by atoms with Crippen LogP contribution in [0.2, 0.25) is 0 Å². The molecule has 0 spiro atoms. The van der Waals surface area contributed by atoms with Crippen molar-refractivity contribution in [3.05, 3.63) is 12.2 Å². The molecule has 9 heteroatoms. The molecule has 0 rings (SSSR count). The lowest BCUT2D eigenvalue weighted by Gasteiger charge is -2.18. The topological polar surface area (TPSA) is 119 Å². The number of rotatable bonds is 15. The molecule has 0 saturated carbocycles. The van der Waals surface area contributed by atoms with Crippen LogP contribution in [0.1, 0.15) is 59.3 Å². The molecule has 0 aromatic heterocycles. The summed E-state index contributed by atoms with van der Waals surface area (Å²) in [6.45, 7) is 10.0. The summed E-state index contributed by atoms with van der Waals surface area (Å²) >= 11 is 0. The summed E-state index contributed by atoms with van der Waals surface area (Å²) in [4.78, 5) is 47.0. The second-order valence-corrected chi connectivity index (χ2v) is 8.10. The molecule has 0 aromatic carbocycles. The standard InChI is InChI=1S/C15H31NO6P2.C2H6/c1-13(2)15(17)16-9-10-22-14(7-3-5-11-23(18)19)8-4-6-12-24(20)21;1-2/h14,18-21H,1,3-12H2,2H3,(H,16,17);1-2H3. The number of carbonyl (C=O) groups is 1. The zero-order chi connectivity index (χ0) is 20.4. The van der Waals surface area contributed by atoms with Gasteiger partial charge in [0.25, 0.3) is 0 Å². The Balaban J connectivity index is 0. The van der Waals surface area contributed by atoms with E-state index in [-0.39, 0.29) is 12.0 Å². The van der Waals surface area contributed by atoms with Crippen LogP contribution < -0.4 is 5.32 Å². The maximum atomic E-state index is 11.4. The lowest BCUT2D eigenvalue weighted by Crippen LogP contribution is -2.29. The monoisotopic (exact) mass is 413 g/mol. The van der Waals surface area contributed by atoms with Crippen LogP contribution in [-0.4, -0.2) is 57.1 Å². The first-order chi connectivity index (χ1) is 12.3. The minimum Gasteiger partial charge on any atom is -0.376 e. The fourth-order valence-corrected chi connectivity index (χ4v) is 3.12. The number of carbonyl (C=O) groups excluding carboxylic acids is 1. The molecular formula is C17H37NO6P2. The highest BCUT2D eigenvalue weighted by molar-refractivity contribution is 7.45. The number of hydrogen-bond donors (Lipinski definition) is 5. The third-order valence-corrected chi connectivity index (χ3v) is 4.83. The van der Waals surface area contributed by atoms with Crippen molar-refractivity contribution in [3.63, 3.8) is 0 Å². The van der Waals surface area contributed by atoms with E-state index in [2.05, 4.69) is 11.9 Å². The zero-order valence-electron chi connectivity index (χ0n) is 16.4. The van der Waals surface area contributed by atoms with Gasteiger partial charge < -0.3 is 29.6 Å². The molecule has 0 atom stereocenters. The summed E-state index contributed by atoms with van der Waals surface area (Å²) in [6, 6.07) is 0. The SMILES string of the molecule is C=C(C)C(=O)NCCOC(CCCCP(O)O)CCCCP(O)O.CC. The van der Waals surface area contributed by atoms with E-state index < -0.39 is 16.8 Å². The minimum absolute atomic E-state index is 0.0268. The first kappa shape index (κ1) is 28.1. The Morgan fingerprint density at radius 1 is 1.00 bits per heavy atom. The molecule has 5 N–H and O–H groups in total. The quantitative estimate of drug-likeness (QED) is 0.160. The van der Waals surface area contributed by atoms with Crippen LogP contribution >= 0.6 is 16.8 Å². The molecule has 0 aliphatic heterocycles.